The van der Waals surface area contributed by atoms with Gasteiger partial charge < -0.3 is 10.2 Å². The van der Waals surface area contributed by atoms with Crippen molar-refractivity contribution in [2.75, 3.05) is 32.7 Å². The Balaban J connectivity index is 1.90. The first-order valence-corrected chi connectivity index (χ1v) is 10.9. The zero-order chi connectivity index (χ0) is 19.9. The average molecular weight is 396 g/mol. The molecule has 7 nitrogen and oxygen atoms in total. The van der Waals surface area contributed by atoms with Crippen LogP contribution < -0.4 is 5.32 Å². The van der Waals surface area contributed by atoms with E-state index in [4.69, 9.17) is 0 Å². The molecule has 1 fully saturated rings. The molecule has 1 aromatic rings. The lowest BCUT2D eigenvalue weighted by atomic mass is 10.2. The SMILES string of the molecule is CCCCN(CCNC(=O)c1ccc(S(=O)(=O)N2CCCC2)cc1)C(C)=O. The highest BCUT2D eigenvalue weighted by Gasteiger charge is 2.27. The molecule has 1 aliphatic heterocycles. The Bertz CT molecular complexity index is 741. The van der Waals surface area contributed by atoms with E-state index in [1.165, 1.54) is 35.5 Å². The van der Waals surface area contributed by atoms with Crippen LogP contribution in [-0.4, -0.2) is 62.2 Å². The number of amides is 2. The fourth-order valence-electron chi connectivity index (χ4n) is 3.04. The van der Waals surface area contributed by atoms with Crippen molar-refractivity contribution in [2.24, 2.45) is 0 Å². The summed E-state index contributed by atoms with van der Waals surface area (Å²) in [5.41, 5.74) is 0.401. The van der Waals surface area contributed by atoms with Gasteiger partial charge in [-0.3, -0.25) is 9.59 Å². The van der Waals surface area contributed by atoms with Gasteiger partial charge in [-0.2, -0.15) is 4.31 Å². The number of nitrogens with one attached hydrogen (secondary N) is 1. The van der Waals surface area contributed by atoms with Crippen LogP contribution in [0.15, 0.2) is 29.2 Å². The third-order valence-electron chi connectivity index (χ3n) is 4.71. The van der Waals surface area contributed by atoms with Crippen LogP contribution in [0.25, 0.3) is 0 Å². The smallest absolute Gasteiger partial charge is 0.251 e. The summed E-state index contributed by atoms with van der Waals surface area (Å²) in [7, 11) is -3.47. The third kappa shape index (κ3) is 5.77. The van der Waals surface area contributed by atoms with Crippen LogP contribution in [-0.2, 0) is 14.8 Å². The van der Waals surface area contributed by atoms with Gasteiger partial charge in [0.05, 0.1) is 4.90 Å². The number of carbonyl (C=O) groups is 2. The first kappa shape index (κ1) is 21.4. The maximum Gasteiger partial charge on any atom is 0.251 e. The van der Waals surface area contributed by atoms with E-state index in [1.54, 1.807) is 4.90 Å². The molecule has 1 heterocycles. The lowest BCUT2D eigenvalue weighted by Gasteiger charge is -2.21. The number of carbonyl (C=O) groups excluding carboxylic acids is 2. The van der Waals surface area contributed by atoms with Crippen molar-refractivity contribution in [1.29, 1.82) is 0 Å². The number of hydrogen-bond donors (Lipinski definition) is 1. The summed E-state index contributed by atoms with van der Waals surface area (Å²) < 4.78 is 26.5. The molecule has 1 saturated heterocycles. The van der Waals surface area contributed by atoms with Crippen LogP contribution in [0.1, 0.15) is 49.9 Å². The summed E-state index contributed by atoms with van der Waals surface area (Å²) in [6, 6.07) is 6.01. The van der Waals surface area contributed by atoms with Crippen molar-refractivity contribution in [3.8, 4) is 0 Å². The molecule has 0 unspecified atom stereocenters. The number of nitrogens with zero attached hydrogens (tertiary/aromatic N) is 2. The van der Waals surface area contributed by atoms with Gasteiger partial charge in [-0.15, -0.1) is 0 Å². The highest BCUT2D eigenvalue weighted by atomic mass is 32.2. The summed E-state index contributed by atoms with van der Waals surface area (Å²) in [5, 5.41) is 2.78. The predicted octanol–water partition coefficient (Wildman–Crippen LogP) is 1.85. The van der Waals surface area contributed by atoms with Crippen LogP contribution in [0.4, 0.5) is 0 Å². The van der Waals surface area contributed by atoms with Crippen molar-refractivity contribution < 1.29 is 18.0 Å². The topological polar surface area (TPSA) is 86.8 Å². The van der Waals surface area contributed by atoms with Gasteiger partial charge in [0.1, 0.15) is 0 Å². The molecule has 2 amide bonds. The summed E-state index contributed by atoms with van der Waals surface area (Å²) >= 11 is 0. The zero-order valence-corrected chi connectivity index (χ0v) is 16.9. The van der Waals surface area contributed by atoms with Crippen molar-refractivity contribution in [1.82, 2.24) is 14.5 Å². The first-order chi connectivity index (χ1) is 12.9. The molecule has 1 aliphatic rings. The van der Waals surface area contributed by atoms with E-state index in [1.807, 2.05) is 0 Å². The Morgan fingerprint density at radius 2 is 1.74 bits per heavy atom. The van der Waals surface area contributed by atoms with E-state index in [0.717, 1.165) is 25.7 Å². The maximum atomic E-state index is 12.5. The zero-order valence-electron chi connectivity index (χ0n) is 16.1. The van der Waals surface area contributed by atoms with Gasteiger partial charge in [0, 0.05) is 45.2 Å². The van der Waals surface area contributed by atoms with Crippen molar-refractivity contribution >= 4 is 21.8 Å². The Morgan fingerprint density at radius 3 is 2.30 bits per heavy atom. The lowest BCUT2D eigenvalue weighted by Crippen LogP contribution is -2.38. The highest BCUT2D eigenvalue weighted by molar-refractivity contribution is 7.89. The van der Waals surface area contributed by atoms with Crippen molar-refractivity contribution in [3.05, 3.63) is 29.8 Å². The van der Waals surface area contributed by atoms with E-state index < -0.39 is 10.0 Å². The second-order valence-corrected chi connectivity index (χ2v) is 8.69. The van der Waals surface area contributed by atoms with Crippen LogP contribution in [0, 0.1) is 0 Å². The summed E-state index contributed by atoms with van der Waals surface area (Å²) in [5.74, 6) is -0.284. The summed E-state index contributed by atoms with van der Waals surface area (Å²) in [6.07, 6.45) is 3.70. The van der Waals surface area contributed by atoms with Crippen LogP contribution >= 0.6 is 0 Å². The second kappa shape index (κ2) is 9.85. The molecule has 0 atom stereocenters. The van der Waals surface area contributed by atoms with E-state index in [-0.39, 0.29) is 16.7 Å². The number of unbranched alkanes of at least 4 members (excludes halogenated alkanes) is 1. The molecular weight excluding hydrogens is 366 g/mol. The largest absolute Gasteiger partial charge is 0.350 e. The molecule has 1 N–H and O–H groups in total. The van der Waals surface area contributed by atoms with Gasteiger partial charge in [0.25, 0.3) is 5.91 Å². The van der Waals surface area contributed by atoms with Crippen molar-refractivity contribution in [3.63, 3.8) is 0 Å². The Morgan fingerprint density at radius 1 is 1.11 bits per heavy atom. The van der Waals surface area contributed by atoms with Gasteiger partial charge in [0.15, 0.2) is 0 Å². The van der Waals surface area contributed by atoms with Gasteiger partial charge in [0.2, 0.25) is 15.9 Å². The Kier molecular flexibility index (Phi) is 7.79. The highest BCUT2D eigenvalue weighted by Crippen LogP contribution is 2.21. The molecule has 27 heavy (non-hydrogen) atoms. The van der Waals surface area contributed by atoms with Gasteiger partial charge in [-0.1, -0.05) is 13.3 Å². The van der Waals surface area contributed by atoms with Crippen molar-refractivity contribution in [2.45, 2.75) is 44.4 Å². The molecule has 0 radical (unpaired) electrons. The van der Waals surface area contributed by atoms with E-state index in [9.17, 15) is 18.0 Å². The number of sulfonamides is 1. The molecule has 0 bridgehead atoms. The molecule has 0 saturated carbocycles. The minimum Gasteiger partial charge on any atom is -0.350 e. The maximum absolute atomic E-state index is 12.5. The Labute approximate surface area is 161 Å². The molecule has 0 aliphatic carbocycles. The van der Waals surface area contributed by atoms with E-state index in [0.29, 0.717) is 38.3 Å². The van der Waals surface area contributed by atoms with E-state index in [2.05, 4.69) is 12.2 Å². The number of benzene rings is 1. The van der Waals surface area contributed by atoms with Gasteiger partial charge in [-0.25, -0.2) is 8.42 Å². The lowest BCUT2D eigenvalue weighted by molar-refractivity contribution is -0.128. The van der Waals surface area contributed by atoms with Crippen LogP contribution in [0.3, 0.4) is 0 Å². The second-order valence-electron chi connectivity index (χ2n) is 6.75. The van der Waals surface area contributed by atoms with Crippen LogP contribution in [0.2, 0.25) is 0 Å². The normalized spacial score (nSPS) is 14.9. The number of hydrogen-bond acceptors (Lipinski definition) is 4. The fraction of sp³-hybridized carbons (Fsp3) is 0.579. The van der Waals surface area contributed by atoms with Gasteiger partial charge in [-0.05, 0) is 43.5 Å². The van der Waals surface area contributed by atoms with Crippen LogP contribution in [0.5, 0.6) is 0 Å². The Hall–Kier alpha value is -1.93. The molecule has 1 aromatic carbocycles. The minimum absolute atomic E-state index is 0.00540. The monoisotopic (exact) mass is 395 g/mol. The molecule has 0 aromatic heterocycles. The van der Waals surface area contributed by atoms with E-state index >= 15 is 0 Å². The standard InChI is InChI=1S/C19H29N3O4S/c1-3-4-12-21(16(2)23)15-11-20-19(24)17-7-9-18(10-8-17)27(25,26)22-13-5-6-14-22/h7-10H,3-6,11-15H2,1-2H3,(H,20,24). The quantitative estimate of drug-likeness (QED) is 0.691. The number of rotatable bonds is 9. The summed E-state index contributed by atoms with van der Waals surface area (Å²) in [4.78, 5) is 25.8. The molecule has 2 rings (SSSR count). The molecule has 8 heteroatoms. The third-order valence-corrected chi connectivity index (χ3v) is 6.63. The van der Waals surface area contributed by atoms with Gasteiger partial charge >= 0.3 is 0 Å². The molecule has 0 spiro atoms. The minimum atomic E-state index is -3.47. The first-order valence-electron chi connectivity index (χ1n) is 9.50. The molecule has 150 valence electrons. The molecular formula is C19H29N3O4S. The predicted molar refractivity (Wildman–Crippen MR) is 104 cm³/mol. The average Bonchev–Trinajstić information content (AvgIpc) is 3.19. The fourth-order valence-corrected chi connectivity index (χ4v) is 4.56. The summed E-state index contributed by atoms with van der Waals surface area (Å²) in [6.45, 7) is 6.19.